The molecule has 0 saturated carbocycles. The van der Waals surface area contributed by atoms with Gasteiger partial charge in [-0.3, -0.25) is 14.3 Å². The maximum absolute atomic E-state index is 13.2. The maximum Gasteiger partial charge on any atom is 0.263 e. The van der Waals surface area contributed by atoms with Crippen LogP contribution in [0.25, 0.3) is 0 Å². The van der Waals surface area contributed by atoms with E-state index in [1.807, 2.05) is 49.4 Å². The van der Waals surface area contributed by atoms with Crippen LogP contribution in [0.2, 0.25) is 0 Å². The van der Waals surface area contributed by atoms with E-state index in [0.29, 0.717) is 17.0 Å². The molecule has 0 fully saturated rings. The fraction of sp³-hybridized carbons (Fsp3) is 0.148. The summed E-state index contributed by atoms with van der Waals surface area (Å²) in [7, 11) is -3.89. The number of aryl methyl sites for hydroxylation is 2. The van der Waals surface area contributed by atoms with Crippen molar-refractivity contribution in [1.82, 2.24) is 10.5 Å². The lowest BCUT2D eigenvalue weighted by Gasteiger charge is -2.19. The average molecular weight is 519 g/mol. The van der Waals surface area contributed by atoms with Gasteiger partial charge < -0.3 is 15.2 Å². The summed E-state index contributed by atoms with van der Waals surface area (Å²) in [5.74, 6) is -0.263. The van der Waals surface area contributed by atoms with Gasteiger partial charge in [0.05, 0.1) is 4.90 Å². The average Bonchev–Trinajstić information content (AvgIpc) is 3.28. The highest BCUT2D eigenvalue weighted by atomic mass is 32.2. The lowest BCUT2D eigenvalue weighted by Crippen LogP contribution is -2.45. The van der Waals surface area contributed by atoms with Crippen LogP contribution in [0.1, 0.15) is 27.2 Å². The molecule has 10 heteroatoms. The second-order valence-corrected chi connectivity index (χ2v) is 10.2. The molecule has 37 heavy (non-hydrogen) atoms. The van der Waals surface area contributed by atoms with Gasteiger partial charge >= 0.3 is 0 Å². The van der Waals surface area contributed by atoms with E-state index in [0.717, 1.165) is 11.1 Å². The minimum Gasteiger partial charge on any atom is -0.360 e. The molecule has 3 N–H and O–H groups in total. The van der Waals surface area contributed by atoms with E-state index in [1.165, 1.54) is 30.3 Å². The summed E-state index contributed by atoms with van der Waals surface area (Å²) in [6.45, 7) is 3.58. The molecule has 3 aromatic carbocycles. The van der Waals surface area contributed by atoms with Crippen LogP contribution in [0, 0.1) is 13.8 Å². The lowest BCUT2D eigenvalue weighted by atomic mass is 10.0. The van der Waals surface area contributed by atoms with E-state index in [-0.39, 0.29) is 23.0 Å². The molecule has 1 atom stereocenters. The smallest absolute Gasteiger partial charge is 0.263 e. The van der Waals surface area contributed by atoms with Gasteiger partial charge in [-0.25, -0.2) is 8.42 Å². The molecule has 1 aromatic heterocycles. The van der Waals surface area contributed by atoms with E-state index < -0.39 is 22.0 Å². The number of sulfonamides is 1. The number of benzene rings is 3. The zero-order valence-electron chi connectivity index (χ0n) is 20.3. The van der Waals surface area contributed by atoms with Crippen molar-refractivity contribution in [3.05, 3.63) is 107 Å². The Labute approximate surface area is 214 Å². The summed E-state index contributed by atoms with van der Waals surface area (Å²) in [4.78, 5) is 26.0. The number of rotatable bonds is 9. The monoisotopic (exact) mass is 518 g/mol. The Bertz CT molecular complexity index is 1480. The van der Waals surface area contributed by atoms with Gasteiger partial charge in [0, 0.05) is 23.7 Å². The summed E-state index contributed by atoms with van der Waals surface area (Å²) in [6, 6.07) is 22.7. The maximum atomic E-state index is 13.2. The zero-order valence-corrected chi connectivity index (χ0v) is 21.1. The van der Waals surface area contributed by atoms with E-state index in [9.17, 15) is 18.0 Å². The van der Waals surface area contributed by atoms with E-state index in [1.54, 1.807) is 19.1 Å². The molecule has 0 aliphatic rings. The van der Waals surface area contributed by atoms with Crippen molar-refractivity contribution in [2.75, 3.05) is 10.0 Å². The first-order valence-electron chi connectivity index (χ1n) is 11.5. The molecule has 0 saturated heterocycles. The molecule has 190 valence electrons. The first-order valence-corrected chi connectivity index (χ1v) is 13.0. The highest BCUT2D eigenvalue weighted by molar-refractivity contribution is 7.92. The Hall–Kier alpha value is -4.44. The van der Waals surface area contributed by atoms with Gasteiger partial charge in [-0.15, -0.1) is 0 Å². The third-order valence-corrected chi connectivity index (χ3v) is 6.89. The summed E-state index contributed by atoms with van der Waals surface area (Å²) >= 11 is 0. The third-order valence-electron chi connectivity index (χ3n) is 5.52. The second kappa shape index (κ2) is 11.1. The predicted octanol–water partition coefficient (Wildman–Crippen LogP) is 4.07. The predicted molar refractivity (Wildman–Crippen MR) is 140 cm³/mol. The van der Waals surface area contributed by atoms with Crippen LogP contribution in [0.15, 0.2) is 94.3 Å². The van der Waals surface area contributed by atoms with Gasteiger partial charge in [-0.2, -0.15) is 0 Å². The normalized spacial score (nSPS) is 11.9. The zero-order chi connectivity index (χ0) is 26.4. The van der Waals surface area contributed by atoms with Gasteiger partial charge in [0.1, 0.15) is 11.8 Å². The Morgan fingerprint density at radius 3 is 2.22 bits per heavy atom. The molecule has 0 aliphatic carbocycles. The molecule has 1 heterocycles. The highest BCUT2D eigenvalue weighted by Gasteiger charge is 2.23. The first-order chi connectivity index (χ1) is 17.7. The largest absolute Gasteiger partial charge is 0.360 e. The Morgan fingerprint density at radius 1 is 0.919 bits per heavy atom. The molecular weight excluding hydrogens is 492 g/mol. The van der Waals surface area contributed by atoms with Gasteiger partial charge in [0.2, 0.25) is 5.91 Å². The lowest BCUT2D eigenvalue weighted by molar-refractivity contribution is -0.118. The van der Waals surface area contributed by atoms with Crippen molar-refractivity contribution in [1.29, 1.82) is 0 Å². The number of aromatic nitrogens is 1. The van der Waals surface area contributed by atoms with E-state index in [4.69, 9.17) is 4.52 Å². The van der Waals surface area contributed by atoms with Crippen molar-refractivity contribution in [3.8, 4) is 0 Å². The van der Waals surface area contributed by atoms with Crippen molar-refractivity contribution >= 4 is 33.3 Å². The van der Waals surface area contributed by atoms with Crippen molar-refractivity contribution in [3.63, 3.8) is 0 Å². The van der Waals surface area contributed by atoms with Crippen LogP contribution in [0.4, 0.5) is 11.5 Å². The van der Waals surface area contributed by atoms with Gasteiger partial charge in [-0.1, -0.05) is 53.2 Å². The van der Waals surface area contributed by atoms with Crippen molar-refractivity contribution in [2.24, 2.45) is 0 Å². The standard InChI is InChI=1S/C27H26N4O5S/c1-18-8-10-21(11-9-18)26(32)29-24(17-20-6-4-3-5-7-20)27(33)28-22-12-14-23(15-13-22)37(34,35)31-25-16-19(2)36-30-25/h3-16,24H,17H2,1-2H3,(H,28,33)(H,29,32)(H,30,31). The first kappa shape index (κ1) is 25.6. The fourth-order valence-electron chi connectivity index (χ4n) is 3.56. The number of nitrogens with zero attached hydrogens (tertiary/aromatic N) is 1. The molecule has 0 aliphatic heterocycles. The van der Waals surface area contributed by atoms with E-state index in [2.05, 4.69) is 20.5 Å². The van der Waals surface area contributed by atoms with Gasteiger partial charge in [-0.05, 0) is 55.8 Å². The van der Waals surface area contributed by atoms with Crippen LogP contribution in [0.5, 0.6) is 0 Å². The molecule has 0 spiro atoms. The number of amides is 2. The molecule has 0 bridgehead atoms. The second-order valence-electron chi connectivity index (χ2n) is 8.52. The van der Waals surface area contributed by atoms with Crippen molar-refractivity contribution in [2.45, 2.75) is 31.2 Å². The van der Waals surface area contributed by atoms with Crippen LogP contribution in [-0.4, -0.2) is 31.4 Å². The molecule has 0 radical (unpaired) electrons. The van der Waals surface area contributed by atoms with Crippen LogP contribution in [0.3, 0.4) is 0 Å². The number of carbonyl (C=O) groups excluding carboxylic acids is 2. The number of hydrogen-bond donors (Lipinski definition) is 3. The molecule has 1 unspecified atom stereocenters. The Balaban J connectivity index is 1.48. The van der Waals surface area contributed by atoms with Gasteiger partial charge in [0.25, 0.3) is 15.9 Å². The quantitative estimate of drug-likeness (QED) is 0.306. The van der Waals surface area contributed by atoms with Crippen molar-refractivity contribution < 1.29 is 22.5 Å². The Kier molecular flexibility index (Phi) is 7.69. The summed E-state index contributed by atoms with van der Waals surface area (Å²) < 4.78 is 32.4. The topological polar surface area (TPSA) is 130 Å². The molecule has 4 aromatic rings. The Morgan fingerprint density at radius 2 is 1.59 bits per heavy atom. The SMILES string of the molecule is Cc1ccc(C(=O)NC(Cc2ccccc2)C(=O)Nc2ccc(S(=O)(=O)Nc3cc(C)on3)cc2)cc1. The molecule has 9 nitrogen and oxygen atoms in total. The number of hydrogen-bond acceptors (Lipinski definition) is 6. The minimum absolute atomic E-state index is 0.0142. The van der Waals surface area contributed by atoms with Crippen LogP contribution in [-0.2, 0) is 21.2 Å². The summed E-state index contributed by atoms with van der Waals surface area (Å²) in [5.41, 5.74) is 2.72. The fourth-order valence-corrected chi connectivity index (χ4v) is 4.55. The number of carbonyl (C=O) groups is 2. The summed E-state index contributed by atoms with van der Waals surface area (Å²) in [6.07, 6.45) is 0.276. The highest BCUT2D eigenvalue weighted by Crippen LogP contribution is 2.19. The van der Waals surface area contributed by atoms with E-state index >= 15 is 0 Å². The summed E-state index contributed by atoms with van der Waals surface area (Å²) in [5, 5.41) is 9.21. The number of anilines is 2. The van der Waals surface area contributed by atoms with Crippen LogP contribution >= 0.6 is 0 Å². The minimum atomic E-state index is -3.89. The molecule has 2 amide bonds. The van der Waals surface area contributed by atoms with Crippen LogP contribution < -0.4 is 15.4 Å². The molecular formula is C27H26N4O5S. The number of nitrogens with one attached hydrogen (secondary N) is 3. The van der Waals surface area contributed by atoms with Gasteiger partial charge in [0.15, 0.2) is 5.82 Å². The third kappa shape index (κ3) is 6.83. The molecule has 4 rings (SSSR count).